The summed E-state index contributed by atoms with van der Waals surface area (Å²) in [5, 5.41) is 17.0. The molecule has 2 heterocycles. The van der Waals surface area contributed by atoms with Crippen LogP contribution in [0.4, 0.5) is 0 Å². The first-order chi connectivity index (χ1) is 14.0. The molecule has 4 rings (SSSR count). The summed E-state index contributed by atoms with van der Waals surface area (Å²) in [5.41, 5.74) is 4.67. The standard InChI is InChI=1S/C21H25NS.C2H2O4/c1-2-5-17(6-3-1)18-9-13-22(14-10-18)15-11-19-7-4-8-21-20(19)12-16-23-21;3-1(4)2(5)6/h1-3,5-6,11-12,16,18H,4,7-10,13-15H2;(H,3,4)(H,5,6). The van der Waals surface area contributed by atoms with Gasteiger partial charge >= 0.3 is 11.9 Å². The van der Waals surface area contributed by atoms with E-state index in [1.807, 2.05) is 11.3 Å². The number of thiophene rings is 1. The zero-order chi connectivity index (χ0) is 20.6. The van der Waals surface area contributed by atoms with Gasteiger partial charge in [-0.05, 0) is 79.3 Å². The predicted octanol–water partition coefficient (Wildman–Crippen LogP) is 4.50. The van der Waals surface area contributed by atoms with Gasteiger partial charge < -0.3 is 10.2 Å². The quantitative estimate of drug-likeness (QED) is 0.724. The smallest absolute Gasteiger partial charge is 0.414 e. The molecule has 2 N–H and O–H groups in total. The maximum absolute atomic E-state index is 9.10. The van der Waals surface area contributed by atoms with E-state index in [-0.39, 0.29) is 0 Å². The number of benzene rings is 1. The van der Waals surface area contributed by atoms with E-state index >= 15 is 0 Å². The fourth-order valence-electron chi connectivity index (χ4n) is 4.02. The third-order valence-electron chi connectivity index (χ3n) is 5.58. The molecular weight excluding hydrogens is 386 g/mol. The molecule has 0 radical (unpaired) electrons. The van der Waals surface area contributed by atoms with Crippen molar-refractivity contribution in [2.45, 2.75) is 38.0 Å². The number of fused-ring (bicyclic) bond motifs is 1. The molecule has 0 unspecified atom stereocenters. The maximum Gasteiger partial charge on any atom is 0.414 e. The Hall–Kier alpha value is -2.44. The Morgan fingerprint density at radius 2 is 1.72 bits per heavy atom. The van der Waals surface area contributed by atoms with Crippen molar-refractivity contribution in [2.75, 3.05) is 19.6 Å². The molecule has 2 aromatic rings. The Labute approximate surface area is 175 Å². The number of nitrogens with zero attached hydrogens (tertiary/aromatic N) is 1. The molecule has 0 bridgehead atoms. The minimum Gasteiger partial charge on any atom is -0.473 e. The largest absolute Gasteiger partial charge is 0.473 e. The molecule has 1 aliphatic carbocycles. The van der Waals surface area contributed by atoms with Gasteiger partial charge in [0.1, 0.15) is 0 Å². The Morgan fingerprint density at radius 3 is 2.38 bits per heavy atom. The average molecular weight is 414 g/mol. The molecule has 0 atom stereocenters. The second-order valence-electron chi connectivity index (χ2n) is 7.44. The first-order valence-electron chi connectivity index (χ1n) is 10.0. The van der Waals surface area contributed by atoms with E-state index in [1.165, 1.54) is 50.8 Å². The van der Waals surface area contributed by atoms with Gasteiger partial charge in [0.2, 0.25) is 0 Å². The number of piperidine rings is 1. The lowest BCUT2D eigenvalue weighted by Crippen LogP contribution is -2.33. The number of allylic oxidation sites excluding steroid dienone is 1. The summed E-state index contributed by atoms with van der Waals surface area (Å²) in [6.07, 6.45) is 8.99. The highest BCUT2D eigenvalue weighted by atomic mass is 32.1. The van der Waals surface area contributed by atoms with Crippen molar-refractivity contribution in [1.29, 1.82) is 0 Å². The molecule has 154 valence electrons. The van der Waals surface area contributed by atoms with Crippen LogP contribution < -0.4 is 0 Å². The number of aryl methyl sites for hydroxylation is 1. The lowest BCUT2D eigenvalue weighted by atomic mass is 9.89. The third-order valence-corrected chi connectivity index (χ3v) is 6.56. The molecule has 5 nitrogen and oxygen atoms in total. The van der Waals surface area contributed by atoms with Crippen LogP contribution in [0.3, 0.4) is 0 Å². The molecule has 1 fully saturated rings. The molecule has 0 saturated carbocycles. The minimum atomic E-state index is -1.82. The van der Waals surface area contributed by atoms with Crippen molar-refractivity contribution < 1.29 is 19.8 Å². The number of carbonyl (C=O) groups is 2. The molecule has 0 spiro atoms. The van der Waals surface area contributed by atoms with Gasteiger partial charge in [-0.15, -0.1) is 11.3 Å². The second-order valence-corrected chi connectivity index (χ2v) is 8.44. The summed E-state index contributed by atoms with van der Waals surface area (Å²) >= 11 is 1.93. The van der Waals surface area contributed by atoms with E-state index in [0.29, 0.717) is 0 Å². The summed E-state index contributed by atoms with van der Waals surface area (Å²) in [6, 6.07) is 13.4. The first-order valence-corrected chi connectivity index (χ1v) is 10.9. The number of aliphatic carboxylic acids is 2. The number of hydrogen-bond acceptors (Lipinski definition) is 4. The van der Waals surface area contributed by atoms with Crippen LogP contribution in [-0.4, -0.2) is 46.7 Å². The fourth-order valence-corrected chi connectivity index (χ4v) is 4.98. The monoisotopic (exact) mass is 413 g/mol. The summed E-state index contributed by atoms with van der Waals surface area (Å²) in [4.78, 5) is 22.4. The second kappa shape index (κ2) is 10.4. The average Bonchev–Trinajstić information content (AvgIpc) is 3.23. The number of rotatable bonds is 3. The molecular formula is C23H27NO4S. The molecule has 0 amide bonds. The van der Waals surface area contributed by atoms with Crippen LogP contribution in [0.2, 0.25) is 0 Å². The van der Waals surface area contributed by atoms with Crippen molar-refractivity contribution >= 4 is 28.8 Å². The van der Waals surface area contributed by atoms with Gasteiger partial charge in [0.05, 0.1) is 0 Å². The highest BCUT2D eigenvalue weighted by Crippen LogP contribution is 2.34. The van der Waals surface area contributed by atoms with E-state index in [2.05, 4.69) is 52.8 Å². The topological polar surface area (TPSA) is 77.8 Å². The molecule has 6 heteroatoms. The minimum absolute atomic E-state index is 0.762. The van der Waals surface area contributed by atoms with E-state index in [1.54, 1.807) is 16.0 Å². The Balaban J connectivity index is 0.000000353. The predicted molar refractivity (Wildman–Crippen MR) is 115 cm³/mol. The van der Waals surface area contributed by atoms with Crippen LogP contribution in [0, 0.1) is 0 Å². The number of carboxylic acid groups (broad SMARTS) is 2. The first kappa shape index (κ1) is 21.3. The zero-order valence-corrected chi connectivity index (χ0v) is 17.2. The maximum atomic E-state index is 9.10. The van der Waals surface area contributed by atoms with Gasteiger partial charge in [-0.1, -0.05) is 36.4 Å². The van der Waals surface area contributed by atoms with Crippen LogP contribution in [-0.2, 0) is 16.0 Å². The van der Waals surface area contributed by atoms with Crippen molar-refractivity contribution in [3.8, 4) is 0 Å². The number of likely N-dealkylation sites (tertiary alicyclic amines) is 1. The van der Waals surface area contributed by atoms with Crippen LogP contribution in [0.15, 0.2) is 47.9 Å². The Morgan fingerprint density at radius 1 is 1.03 bits per heavy atom. The number of hydrogen-bond donors (Lipinski definition) is 2. The molecule has 2 aliphatic rings. The molecule has 29 heavy (non-hydrogen) atoms. The third kappa shape index (κ3) is 6.02. The highest BCUT2D eigenvalue weighted by molar-refractivity contribution is 7.10. The van der Waals surface area contributed by atoms with Crippen molar-refractivity contribution in [1.82, 2.24) is 4.90 Å². The fraction of sp³-hybridized carbons (Fsp3) is 0.391. The van der Waals surface area contributed by atoms with Gasteiger partial charge in [-0.2, -0.15) is 0 Å². The van der Waals surface area contributed by atoms with E-state index in [4.69, 9.17) is 19.8 Å². The lowest BCUT2D eigenvalue weighted by molar-refractivity contribution is -0.159. The Kier molecular flexibility index (Phi) is 7.61. The normalized spacial score (nSPS) is 18.6. The van der Waals surface area contributed by atoms with Crippen molar-refractivity contribution in [2.24, 2.45) is 0 Å². The summed E-state index contributed by atoms with van der Waals surface area (Å²) in [7, 11) is 0. The zero-order valence-electron chi connectivity index (χ0n) is 16.4. The van der Waals surface area contributed by atoms with E-state index in [0.717, 1.165) is 12.5 Å². The van der Waals surface area contributed by atoms with Gasteiger partial charge in [0.15, 0.2) is 0 Å². The van der Waals surface area contributed by atoms with Gasteiger partial charge in [-0.25, -0.2) is 9.59 Å². The molecule has 1 aromatic heterocycles. The highest BCUT2D eigenvalue weighted by Gasteiger charge is 2.20. The Bertz CT molecular complexity index is 839. The molecule has 1 aromatic carbocycles. The lowest BCUT2D eigenvalue weighted by Gasteiger charge is -2.31. The van der Waals surface area contributed by atoms with E-state index < -0.39 is 11.9 Å². The SMILES string of the molecule is C(CN1CCC(c2ccccc2)CC1)=C1CCCc2sccc21.O=C(O)C(=O)O. The van der Waals surface area contributed by atoms with Gasteiger partial charge in [0, 0.05) is 11.4 Å². The van der Waals surface area contributed by atoms with E-state index in [9.17, 15) is 0 Å². The number of carboxylic acids is 2. The summed E-state index contributed by atoms with van der Waals surface area (Å²) < 4.78 is 0. The van der Waals surface area contributed by atoms with Gasteiger partial charge in [-0.3, -0.25) is 4.90 Å². The molecule has 1 aliphatic heterocycles. The van der Waals surface area contributed by atoms with Crippen LogP contribution in [0.25, 0.3) is 5.57 Å². The van der Waals surface area contributed by atoms with Crippen LogP contribution in [0.5, 0.6) is 0 Å². The summed E-state index contributed by atoms with van der Waals surface area (Å²) in [6.45, 7) is 3.60. The van der Waals surface area contributed by atoms with Crippen LogP contribution >= 0.6 is 11.3 Å². The van der Waals surface area contributed by atoms with Gasteiger partial charge in [0.25, 0.3) is 0 Å². The van der Waals surface area contributed by atoms with Crippen molar-refractivity contribution in [3.05, 3.63) is 63.9 Å². The summed E-state index contributed by atoms with van der Waals surface area (Å²) in [5.74, 6) is -2.89. The van der Waals surface area contributed by atoms with Crippen LogP contribution in [0.1, 0.15) is 47.6 Å². The molecule has 1 saturated heterocycles. The van der Waals surface area contributed by atoms with Crippen molar-refractivity contribution in [3.63, 3.8) is 0 Å².